The van der Waals surface area contributed by atoms with Crippen molar-refractivity contribution < 1.29 is 9.53 Å². The molecule has 0 aromatic heterocycles. The lowest BCUT2D eigenvalue weighted by Crippen LogP contribution is -2.05. The van der Waals surface area contributed by atoms with Crippen molar-refractivity contribution in [3.63, 3.8) is 0 Å². The topological polar surface area (TPSA) is 26.3 Å². The number of carbonyl (C=O) groups is 1. The van der Waals surface area contributed by atoms with Gasteiger partial charge in [0.2, 0.25) is 0 Å². The summed E-state index contributed by atoms with van der Waals surface area (Å²) >= 11 is 0. The molecule has 0 radical (unpaired) electrons. The first kappa shape index (κ1) is 34.5. The molecule has 0 unspecified atom stereocenters. The van der Waals surface area contributed by atoms with E-state index in [0.29, 0.717) is 13.0 Å². The lowest BCUT2D eigenvalue weighted by Gasteiger charge is -2.05. The molecule has 0 aromatic rings. The maximum Gasteiger partial charge on any atom is 0.305 e. The van der Waals surface area contributed by atoms with E-state index in [1.807, 2.05) is 0 Å². The molecule has 2 heteroatoms. The van der Waals surface area contributed by atoms with Gasteiger partial charge < -0.3 is 4.74 Å². The number of unbranched alkanes of at least 4 members (excludes halogenated alkanes) is 26. The Morgan fingerprint density at radius 2 is 0.629 bits per heavy atom. The van der Waals surface area contributed by atoms with Gasteiger partial charge in [0.25, 0.3) is 0 Å². The largest absolute Gasteiger partial charge is 0.466 e. The Kier molecular flexibility index (Phi) is 31.0. The van der Waals surface area contributed by atoms with Crippen molar-refractivity contribution in [3.8, 4) is 0 Å². The van der Waals surface area contributed by atoms with Crippen molar-refractivity contribution in [2.24, 2.45) is 0 Å². The number of carbonyl (C=O) groups excluding carboxylic acids is 1. The molecule has 0 atom stereocenters. The summed E-state index contributed by atoms with van der Waals surface area (Å²) in [5.41, 5.74) is 0. The molecule has 0 fully saturated rings. The van der Waals surface area contributed by atoms with Gasteiger partial charge in [-0.25, -0.2) is 0 Å². The number of esters is 1. The van der Waals surface area contributed by atoms with E-state index < -0.39 is 0 Å². The fourth-order valence-electron chi connectivity index (χ4n) is 5.00. The number of hydrogen-bond acceptors (Lipinski definition) is 2. The van der Waals surface area contributed by atoms with Crippen LogP contribution in [0.1, 0.15) is 200 Å². The third-order valence-electron chi connectivity index (χ3n) is 7.50. The van der Waals surface area contributed by atoms with Crippen LogP contribution in [0.3, 0.4) is 0 Å². The molecule has 0 amide bonds. The lowest BCUT2D eigenvalue weighted by atomic mass is 10.0. The summed E-state index contributed by atoms with van der Waals surface area (Å²) in [7, 11) is 0. The van der Waals surface area contributed by atoms with Gasteiger partial charge in [-0.05, 0) is 12.8 Å². The smallest absolute Gasteiger partial charge is 0.305 e. The van der Waals surface area contributed by atoms with E-state index in [1.165, 1.54) is 161 Å². The van der Waals surface area contributed by atoms with Crippen LogP contribution in [0.25, 0.3) is 0 Å². The quantitative estimate of drug-likeness (QED) is 0.0732. The second-order valence-corrected chi connectivity index (χ2v) is 11.2. The van der Waals surface area contributed by atoms with Gasteiger partial charge in [-0.3, -0.25) is 4.79 Å². The summed E-state index contributed by atoms with van der Waals surface area (Å²) in [5.74, 6) is -0.00793. The Hall–Kier alpha value is -0.530. The monoisotopic (exact) mass is 495 g/mol. The van der Waals surface area contributed by atoms with Crippen LogP contribution in [0.2, 0.25) is 0 Å². The highest BCUT2D eigenvalue weighted by Crippen LogP contribution is 2.16. The highest BCUT2D eigenvalue weighted by Gasteiger charge is 2.01. The zero-order chi connectivity index (χ0) is 25.5. The summed E-state index contributed by atoms with van der Waals surface area (Å²) < 4.78 is 5.26. The minimum absolute atomic E-state index is 0.00793. The van der Waals surface area contributed by atoms with Gasteiger partial charge in [-0.2, -0.15) is 0 Å². The van der Waals surface area contributed by atoms with E-state index in [-0.39, 0.29) is 5.97 Å². The van der Waals surface area contributed by atoms with E-state index in [1.54, 1.807) is 0 Å². The summed E-state index contributed by atoms with van der Waals surface area (Å²) in [4.78, 5) is 11.4. The summed E-state index contributed by atoms with van der Waals surface area (Å²) in [6.07, 6.45) is 39.5. The van der Waals surface area contributed by atoms with E-state index in [4.69, 9.17) is 4.74 Å². The molecule has 0 aliphatic carbocycles. The first-order chi connectivity index (χ1) is 17.3. The molecule has 210 valence electrons. The second-order valence-electron chi connectivity index (χ2n) is 11.2. The van der Waals surface area contributed by atoms with Crippen LogP contribution in [-0.2, 0) is 9.53 Å². The average Bonchev–Trinajstić information content (AvgIpc) is 2.87. The number of hydrogen-bond donors (Lipinski definition) is 0. The second kappa shape index (κ2) is 31.5. The van der Waals surface area contributed by atoms with E-state index in [0.717, 1.165) is 19.3 Å². The molecule has 0 rings (SSSR count). The summed E-state index contributed by atoms with van der Waals surface area (Å²) in [5, 5.41) is 0. The van der Waals surface area contributed by atoms with Crippen LogP contribution < -0.4 is 0 Å². The average molecular weight is 495 g/mol. The Balaban J connectivity index is 3.05. The molecule has 0 N–H and O–H groups in total. The normalized spacial score (nSPS) is 11.3. The third kappa shape index (κ3) is 31.4. The number of ether oxygens (including phenoxy) is 1. The van der Waals surface area contributed by atoms with Gasteiger partial charge in [0.1, 0.15) is 0 Å². The summed E-state index contributed by atoms with van der Waals surface area (Å²) in [6, 6.07) is 0. The van der Waals surface area contributed by atoms with Crippen molar-refractivity contribution in [2.45, 2.75) is 200 Å². The zero-order valence-corrected chi connectivity index (χ0v) is 24.5. The van der Waals surface area contributed by atoms with Crippen molar-refractivity contribution in [1.29, 1.82) is 0 Å². The molecule has 0 saturated heterocycles. The Bertz CT molecular complexity index is 393. The molecule has 0 aromatic carbocycles. The van der Waals surface area contributed by atoms with Gasteiger partial charge in [0.15, 0.2) is 0 Å². The molecule has 0 spiro atoms. The Labute approximate surface area is 222 Å². The van der Waals surface area contributed by atoms with Crippen LogP contribution in [-0.4, -0.2) is 12.6 Å². The lowest BCUT2D eigenvalue weighted by molar-refractivity contribution is -0.143. The fourth-order valence-corrected chi connectivity index (χ4v) is 5.00. The molecule has 0 saturated carbocycles. The highest BCUT2D eigenvalue weighted by atomic mass is 16.5. The standard InChI is InChI=1S/C33H66O2/c1-3-5-7-8-9-10-11-12-13-14-15-16-17-18-19-20-21-22-23-24-25-26-27-28-29-30-32-35-33(34)31-6-4-2/h3-32H2,1-2H3. The molecule has 0 bridgehead atoms. The minimum atomic E-state index is -0.00793. The molecule has 0 aliphatic rings. The van der Waals surface area contributed by atoms with Crippen LogP contribution in [0.5, 0.6) is 0 Å². The Morgan fingerprint density at radius 3 is 0.914 bits per heavy atom. The third-order valence-corrected chi connectivity index (χ3v) is 7.50. The first-order valence-corrected chi connectivity index (χ1v) is 16.5. The molecular weight excluding hydrogens is 428 g/mol. The fraction of sp³-hybridized carbons (Fsp3) is 0.970. The van der Waals surface area contributed by atoms with E-state index in [2.05, 4.69) is 13.8 Å². The predicted octanol–water partition coefficient (Wildman–Crippen LogP) is 11.9. The van der Waals surface area contributed by atoms with Crippen LogP contribution in [0, 0.1) is 0 Å². The van der Waals surface area contributed by atoms with Crippen molar-refractivity contribution in [3.05, 3.63) is 0 Å². The van der Waals surface area contributed by atoms with Crippen molar-refractivity contribution >= 4 is 5.97 Å². The molecule has 0 aliphatic heterocycles. The minimum Gasteiger partial charge on any atom is -0.466 e. The first-order valence-electron chi connectivity index (χ1n) is 16.5. The van der Waals surface area contributed by atoms with Gasteiger partial charge in [0.05, 0.1) is 6.61 Å². The maximum atomic E-state index is 11.4. The van der Waals surface area contributed by atoms with Gasteiger partial charge in [-0.1, -0.05) is 181 Å². The molecule has 2 nitrogen and oxygen atoms in total. The molecule has 0 heterocycles. The van der Waals surface area contributed by atoms with Gasteiger partial charge >= 0.3 is 5.97 Å². The van der Waals surface area contributed by atoms with Crippen LogP contribution in [0.4, 0.5) is 0 Å². The molecular formula is C33H66O2. The van der Waals surface area contributed by atoms with Gasteiger partial charge in [-0.15, -0.1) is 0 Å². The van der Waals surface area contributed by atoms with Gasteiger partial charge in [0, 0.05) is 6.42 Å². The molecule has 35 heavy (non-hydrogen) atoms. The van der Waals surface area contributed by atoms with Crippen molar-refractivity contribution in [2.75, 3.05) is 6.61 Å². The zero-order valence-electron chi connectivity index (χ0n) is 24.5. The van der Waals surface area contributed by atoms with E-state index in [9.17, 15) is 4.79 Å². The Morgan fingerprint density at radius 1 is 0.371 bits per heavy atom. The number of rotatable bonds is 30. The highest BCUT2D eigenvalue weighted by molar-refractivity contribution is 5.69. The van der Waals surface area contributed by atoms with Crippen LogP contribution in [0.15, 0.2) is 0 Å². The van der Waals surface area contributed by atoms with E-state index >= 15 is 0 Å². The van der Waals surface area contributed by atoms with Crippen molar-refractivity contribution in [1.82, 2.24) is 0 Å². The summed E-state index contributed by atoms with van der Waals surface area (Å²) in [6.45, 7) is 5.03. The maximum absolute atomic E-state index is 11.4. The predicted molar refractivity (Wildman–Crippen MR) is 156 cm³/mol. The van der Waals surface area contributed by atoms with Crippen LogP contribution >= 0.6 is 0 Å². The SMILES string of the molecule is CCCCCCCCCCCCCCCCCCCCCCCCCCCCOC(=O)CCCC.